The Hall–Kier alpha value is -1.08. The van der Waals surface area contributed by atoms with Crippen molar-refractivity contribution in [2.24, 2.45) is 0 Å². The summed E-state index contributed by atoms with van der Waals surface area (Å²) in [5.74, 6) is -0.259. The number of halogens is 2. The molecule has 0 radical (unpaired) electrons. The van der Waals surface area contributed by atoms with Crippen LogP contribution in [0.3, 0.4) is 0 Å². The Kier molecular flexibility index (Phi) is 4.70. The number of thiophene rings is 1. The van der Waals surface area contributed by atoms with Gasteiger partial charge < -0.3 is 5.32 Å². The Labute approximate surface area is 129 Å². The summed E-state index contributed by atoms with van der Waals surface area (Å²) in [5.41, 5.74) is 0.483. The highest BCUT2D eigenvalue weighted by atomic mass is 35.7. The van der Waals surface area contributed by atoms with E-state index in [1.807, 2.05) is 0 Å². The predicted molar refractivity (Wildman–Crippen MR) is 80.0 cm³/mol. The van der Waals surface area contributed by atoms with Gasteiger partial charge in [-0.15, -0.1) is 11.3 Å². The molecule has 0 atom stereocenters. The summed E-state index contributed by atoms with van der Waals surface area (Å²) in [6, 6.07) is 9.50. The average Bonchev–Trinajstić information content (AvgIpc) is 2.85. The zero-order valence-electron chi connectivity index (χ0n) is 9.97. The van der Waals surface area contributed by atoms with Gasteiger partial charge in [0.15, 0.2) is 0 Å². The fraction of sp³-hybridized carbons (Fsp3) is 0.0833. The number of nitrogens with one attached hydrogen (secondary N) is 1. The Morgan fingerprint density at radius 3 is 2.35 bits per heavy atom. The lowest BCUT2D eigenvalue weighted by Gasteiger charge is -2.03. The summed E-state index contributed by atoms with van der Waals surface area (Å²) in [5, 5.41) is 3.24. The molecule has 0 bridgehead atoms. The molecular formula is C12H9Cl2NO3S2. The van der Waals surface area contributed by atoms with Crippen LogP contribution < -0.4 is 5.32 Å². The summed E-state index contributed by atoms with van der Waals surface area (Å²) >= 11 is 6.76. The summed E-state index contributed by atoms with van der Waals surface area (Å²) < 4.78 is 22.3. The van der Waals surface area contributed by atoms with Crippen LogP contribution in [0.1, 0.15) is 15.2 Å². The minimum absolute atomic E-state index is 0.0647. The zero-order valence-corrected chi connectivity index (χ0v) is 13.1. The van der Waals surface area contributed by atoms with Gasteiger partial charge in [-0.2, -0.15) is 0 Å². The third kappa shape index (κ3) is 3.96. The summed E-state index contributed by atoms with van der Waals surface area (Å²) in [4.78, 5) is 12.5. The molecule has 0 aliphatic heterocycles. The molecule has 2 aromatic rings. The number of rotatable bonds is 4. The average molecular weight is 350 g/mol. The first-order valence-corrected chi connectivity index (χ1v) is 8.94. The third-order valence-corrected chi connectivity index (χ3v) is 5.84. The van der Waals surface area contributed by atoms with Crippen molar-refractivity contribution in [2.45, 2.75) is 10.8 Å². The number of amides is 1. The van der Waals surface area contributed by atoms with Gasteiger partial charge in [0.1, 0.15) is 4.21 Å². The minimum Gasteiger partial charge on any atom is -0.347 e. The highest BCUT2D eigenvalue weighted by Gasteiger charge is 2.13. The van der Waals surface area contributed by atoms with Gasteiger partial charge in [0.25, 0.3) is 15.0 Å². The Morgan fingerprint density at radius 2 is 1.80 bits per heavy atom. The van der Waals surface area contributed by atoms with Crippen molar-refractivity contribution in [3.8, 4) is 0 Å². The number of carbonyl (C=O) groups excluding carboxylic acids is 1. The Morgan fingerprint density at radius 1 is 1.15 bits per heavy atom. The normalized spacial score (nSPS) is 11.3. The van der Waals surface area contributed by atoms with E-state index in [0.29, 0.717) is 15.5 Å². The number of hydrogen-bond acceptors (Lipinski definition) is 4. The maximum atomic E-state index is 11.8. The first kappa shape index (κ1) is 15.3. The van der Waals surface area contributed by atoms with Crippen LogP contribution in [0, 0.1) is 0 Å². The second-order valence-corrected chi connectivity index (χ2v) is 8.25. The van der Waals surface area contributed by atoms with Crippen LogP contribution in [0.5, 0.6) is 0 Å². The van der Waals surface area contributed by atoms with Crippen LogP contribution in [-0.2, 0) is 15.6 Å². The van der Waals surface area contributed by atoms with E-state index in [1.54, 1.807) is 30.3 Å². The molecule has 0 aliphatic rings. The van der Waals surface area contributed by atoms with Crippen molar-refractivity contribution in [3.63, 3.8) is 0 Å². The smallest absolute Gasteiger partial charge is 0.270 e. The number of benzene rings is 1. The van der Waals surface area contributed by atoms with Crippen molar-refractivity contribution in [1.82, 2.24) is 5.32 Å². The molecule has 20 heavy (non-hydrogen) atoms. The van der Waals surface area contributed by atoms with Crippen LogP contribution in [0.4, 0.5) is 0 Å². The third-order valence-electron chi connectivity index (χ3n) is 2.41. The maximum Gasteiger partial charge on any atom is 0.270 e. The highest BCUT2D eigenvalue weighted by molar-refractivity contribution is 8.15. The van der Waals surface area contributed by atoms with E-state index in [-0.39, 0.29) is 16.7 Å². The van der Waals surface area contributed by atoms with Crippen LogP contribution in [0.15, 0.2) is 40.6 Å². The molecule has 0 saturated carbocycles. The molecule has 2 rings (SSSR count). The predicted octanol–water partition coefficient (Wildman–Crippen LogP) is 3.26. The van der Waals surface area contributed by atoms with Crippen molar-refractivity contribution < 1.29 is 13.2 Å². The Balaban J connectivity index is 2.00. The van der Waals surface area contributed by atoms with E-state index in [0.717, 1.165) is 11.3 Å². The second-order valence-electron chi connectivity index (χ2n) is 3.85. The molecule has 1 aromatic heterocycles. The van der Waals surface area contributed by atoms with Crippen LogP contribution in [0.2, 0.25) is 5.02 Å². The van der Waals surface area contributed by atoms with E-state index in [1.165, 1.54) is 6.07 Å². The van der Waals surface area contributed by atoms with Crippen LogP contribution in [-0.4, -0.2) is 14.3 Å². The SMILES string of the molecule is O=C(NCc1ccc(S(=O)(=O)Cl)s1)c1ccc(Cl)cc1. The van der Waals surface area contributed by atoms with Gasteiger partial charge in [0.05, 0.1) is 6.54 Å². The van der Waals surface area contributed by atoms with E-state index >= 15 is 0 Å². The molecule has 1 amide bonds. The fourth-order valence-corrected chi connectivity index (χ4v) is 3.64. The number of hydrogen-bond donors (Lipinski definition) is 1. The summed E-state index contributed by atoms with van der Waals surface area (Å²) in [6.45, 7) is 0.235. The second kappa shape index (κ2) is 6.13. The molecule has 0 saturated heterocycles. The van der Waals surface area contributed by atoms with Gasteiger partial charge in [-0.25, -0.2) is 8.42 Å². The molecule has 0 aliphatic carbocycles. The van der Waals surface area contributed by atoms with Crippen LogP contribution in [0.25, 0.3) is 0 Å². The van der Waals surface area contributed by atoms with Gasteiger partial charge in [-0.1, -0.05) is 11.6 Å². The highest BCUT2D eigenvalue weighted by Crippen LogP contribution is 2.24. The van der Waals surface area contributed by atoms with Gasteiger partial charge in [-0.05, 0) is 36.4 Å². The molecule has 0 spiro atoms. The van der Waals surface area contributed by atoms with Gasteiger partial charge >= 0.3 is 0 Å². The largest absolute Gasteiger partial charge is 0.347 e. The van der Waals surface area contributed by atoms with E-state index < -0.39 is 9.05 Å². The van der Waals surface area contributed by atoms with Crippen molar-refractivity contribution in [1.29, 1.82) is 0 Å². The zero-order chi connectivity index (χ0) is 14.8. The van der Waals surface area contributed by atoms with E-state index in [9.17, 15) is 13.2 Å². The molecule has 0 unspecified atom stereocenters. The van der Waals surface area contributed by atoms with Gasteiger partial charge in [-0.3, -0.25) is 4.79 Å². The first-order valence-electron chi connectivity index (χ1n) is 5.43. The Bertz CT molecular complexity index is 723. The molecule has 1 N–H and O–H groups in total. The van der Waals surface area contributed by atoms with Crippen LogP contribution >= 0.6 is 33.6 Å². The molecule has 106 valence electrons. The molecule has 8 heteroatoms. The molecule has 4 nitrogen and oxygen atoms in total. The lowest BCUT2D eigenvalue weighted by atomic mass is 10.2. The maximum absolute atomic E-state index is 11.8. The van der Waals surface area contributed by atoms with Crippen molar-refractivity contribution in [3.05, 3.63) is 51.9 Å². The summed E-state index contributed by atoms with van der Waals surface area (Å²) in [6.07, 6.45) is 0. The molecule has 0 fully saturated rings. The molecule has 1 heterocycles. The van der Waals surface area contributed by atoms with Gasteiger partial charge in [0, 0.05) is 26.1 Å². The van der Waals surface area contributed by atoms with Crippen molar-refractivity contribution >= 4 is 48.6 Å². The lowest BCUT2D eigenvalue weighted by molar-refractivity contribution is 0.0951. The lowest BCUT2D eigenvalue weighted by Crippen LogP contribution is -2.22. The quantitative estimate of drug-likeness (QED) is 0.861. The standard InChI is InChI=1S/C12H9Cl2NO3S2/c13-9-3-1-8(2-4-9)12(16)15-7-10-5-6-11(19-10)20(14,17)18/h1-6H,7H2,(H,15,16). The topological polar surface area (TPSA) is 63.2 Å². The molecular weight excluding hydrogens is 341 g/mol. The number of carbonyl (C=O) groups is 1. The monoisotopic (exact) mass is 349 g/mol. The van der Waals surface area contributed by atoms with E-state index in [2.05, 4.69) is 5.32 Å². The minimum atomic E-state index is -3.71. The first-order chi connectivity index (χ1) is 9.36. The molecule has 1 aromatic carbocycles. The fourth-order valence-electron chi connectivity index (χ4n) is 1.46. The summed E-state index contributed by atoms with van der Waals surface area (Å²) in [7, 11) is 1.51. The van der Waals surface area contributed by atoms with Gasteiger partial charge in [0.2, 0.25) is 0 Å². The van der Waals surface area contributed by atoms with E-state index in [4.69, 9.17) is 22.3 Å². The van der Waals surface area contributed by atoms with Crippen molar-refractivity contribution in [2.75, 3.05) is 0 Å².